The van der Waals surface area contributed by atoms with Gasteiger partial charge in [0.25, 0.3) is 0 Å². The fourth-order valence-electron chi connectivity index (χ4n) is 2.54. The molecule has 9 heteroatoms. The van der Waals surface area contributed by atoms with Crippen LogP contribution in [0.4, 0.5) is 5.69 Å². The summed E-state index contributed by atoms with van der Waals surface area (Å²) in [5.41, 5.74) is 0.423. The minimum Gasteiger partial charge on any atom is -0.325 e. The highest BCUT2D eigenvalue weighted by molar-refractivity contribution is 7.99. The first kappa shape index (κ1) is 20.5. The van der Waals surface area contributed by atoms with Crippen LogP contribution in [0.1, 0.15) is 13.3 Å². The number of carbonyl (C=O) groups excluding carboxylic acids is 1. The second-order valence-corrected chi connectivity index (χ2v) is 9.95. The monoisotopic (exact) mass is 405 g/mol. The van der Waals surface area contributed by atoms with Crippen molar-refractivity contribution in [1.82, 2.24) is 9.21 Å². The fraction of sp³-hybridized carbons (Fsp3) is 0.562. The van der Waals surface area contributed by atoms with E-state index in [0.29, 0.717) is 18.3 Å². The second-order valence-electron chi connectivity index (χ2n) is 6.20. The number of sulfonamides is 1. The molecule has 1 fully saturated rings. The van der Waals surface area contributed by atoms with Crippen molar-refractivity contribution < 1.29 is 13.2 Å². The first-order valence-electron chi connectivity index (χ1n) is 8.05. The Morgan fingerprint density at radius 3 is 2.80 bits per heavy atom. The van der Waals surface area contributed by atoms with E-state index in [1.54, 1.807) is 6.07 Å². The van der Waals surface area contributed by atoms with E-state index in [1.165, 1.54) is 26.2 Å². The third kappa shape index (κ3) is 5.34. The number of amides is 1. The van der Waals surface area contributed by atoms with Crippen molar-refractivity contribution in [2.45, 2.75) is 24.3 Å². The first-order chi connectivity index (χ1) is 11.7. The van der Waals surface area contributed by atoms with Gasteiger partial charge in [0.1, 0.15) is 4.90 Å². The Morgan fingerprint density at radius 2 is 2.12 bits per heavy atom. The standard InChI is InChI=1S/C16H24ClN3O3S2/c1-12-6-8-24-9-7-20(12)11-16(21)18-13-4-5-14(17)15(10-13)25(22,23)19(2)3/h4-5,10,12H,6-9,11H2,1-3H3,(H,18,21)/t12-/m0/s1. The molecule has 1 atom stereocenters. The highest BCUT2D eigenvalue weighted by Crippen LogP contribution is 2.27. The largest absolute Gasteiger partial charge is 0.325 e. The molecular formula is C16H24ClN3O3S2. The van der Waals surface area contributed by atoms with Gasteiger partial charge in [0, 0.05) is 38.1 Å². The lowest BCUT2D eigenvalue weighted by atomic mass is 10.2. The average molecular weight is 406 g/mol. The highest BCUT2D eigenvalue weighted by Gasteiger charge is 2.23. The summed E-state index contributed by atoms with van der Waals surface area (Å²) in [4.78, 5) is 14.5. The van der Waals surface area contributed by atoms with Gasteiger partial charge in [-0.2, -0.15) is 11.8 Å². The summed E-state index contributed by atoms with van der Waals surface area (Å²) in [5, 5.41) is 2.91. The van der Waals surface area contributed by atoms with Crippen molar-refractivity contribution in [3.8, 4) is 0 Å². The molecule has 1 aromatic carbocycles. The molecule has 0 aliphatic carbocycles. The molecule has 1 N–H and O–H groups in total. The Labute approximate surface area is 158 Å². The SMILES string of the molecule is C[C@H]1CCSCCN1CC(=O)Nc1ccc(Cl)c(S(=O)(=O)N(C)C)c1. The van der Waals surface area contributed by atoms with Gasteiger partial charge in [-0.05, 0) is 37.3 Å². The Kier molecular flexibility index (Phi) is 7.16. The molecule has 1 amide bonds. The van der Waals surface area contributed by atoms with Crippen LogP contribution in [0.2, 0.25) is 5.02 Å². The smallest absolute Gasteiger partial charge is 0.244 e. The van der Waals surface area contributed by atoms with Crippen molar-refractivity contribution in [3.63, 3.8) is 0 Å². The van der Waals surface area contributed by atoms with Gasteiger partial charge in [-0.3, -0.25) is 9.69 Å². The first-order valence-corrected chi connectivity index (χ1v) is 11.0. The molecule has 0 unspecified atom stereocenters. The van der Waals surface area contributed by atoms with E-state index in [-0.39, 0.29) is 15.8 Å². The van der Waals surface area contributed by atoms with Crippen LogP contribution in [0.25, 0.3) is 0 Å². The maximum atomic E-state index is 12.4. The van der Waals surface area contributed by atoms with Crippen LogP contribution >= 0.6 is 23.4 Å². The molecule has 1 aliphatic rings. The number of rotatable bonds is 5. The molecule has 140 valence electrons. The number of carbonyl (C=O) groups is 1. The topological polar surface area (TPSA) is 69.7 Å². The van der Waals surface area contributed by atoms with Crippen LogP contribution in [-0.4, -0.2) is 68.3 Å². The van der Waals surface area contributed by atoms with E-state index in [2.05, 4.69) is 17.1 Å². The van der Waals surface area contributed by atoms with E-state index in [9.17, 15) is 13.2 Å². The van der Waals surface area contributed by atoms with E-state index >= 15 is 0 Å². The molecule has 0 aromatic heterocycles. The van der Waals surface area contributed by atoms with E-state index in [4.69, 9.17) is 11.6 Å². The molecule has 0 saturated carbocycles. The zero-order chi connectivity index (χ0) is 18.6. The van der Waals surface area contributed by atoms with E-state index in [0.717, 1.165) is 28.8 Å². The van der Waals surface area contributed by atoms with Crippen molar-refractivity contribution >= 4 is 45.0 Å². The summed E-state index contributed by atoms with van der Waals surface area (Å²) in [6.07, 6.45) is 1.06. The minimum atomic E-state index is -3.67. The van der Waals surface area contributed by atoms with Gasteiger partial charge in [0.2, 0.25) is 15.9 Å². The van der Waals surface area contributed by atoms with Gasteiger partial charge in [-0.15, -0.1) is 0 Å². The number of hydrogen-bond acceptors (Lipinski definition) is 5. The molecule has 1 aliphatic heterocycles. The van der Waals surface area contributed by atoms with Crippen LogP contribution < -0.4 is 5.32 Å². The number of anilines is 1. The molecular weight excluding hydrogens is 382 g/mol. The molecule has 0 bridgehead atoms. The lowest BCUT2D eigenvalue weighted by Crippen LogP contribution is -2.40. The Morgan fingerprint density at radius 1 is 1.40 bits per heavy atom. The van der Waals surface area contributed by atoms with Crippen LogP contribution in [0.3, 0.4) is 0 Å². The number of benzene rings is 1. The summed E-state index contributed by atoms with van der Waals surface area (Å²) in [6, 6.07) is 4.85. The zero-order valence-corrected chi connectivity index (χ0v) is 17.0. The number of hydrogen-bond donors (Lipinski definition) is 1. The zero-order valence-electron chi connectivity index (χ0n) is 14.7. The van der Waals surface area contributed by atoms with Crippen LogP contribution in [0.15, 0.2) is 23.1 Å². The van der Waals surface area contributed by atoms with Gasteiger partial charge < -0.3 is 5.32 Å². The third-order valence-corrected chi connectivity index (χ3v) is 7.44. The van der Waals surface area contributed by atoms with Gasteiger partial charge >= 0.3 is 0 Å². The van der Waals surface area contributed by atoms with E-state index in [1.807, 2.05) is 11.8 Å². The van der Waals surface area contributed by atoms with Crippen molar-refractivity contribution in [2.75, 3.05) is 44.0 Å². The Balaban J connectivity index is 2.11. The molecule has 25 heavy (non-hydrogen) atoms. The van der Waals surface area contributed by atoms with Crippen LogP contribution in [-0.2, 0) is 14.8 Å². The van der Waals surface area contributed by atoms with Crippen LogP contribution in [0.5, 0.6) is 0 Å². The van der Waals surface area contributed by atoms with Crippen molar-refractivity contribution in [3.05, 3.63) is 23.2 Å². The molecule has 0 radical (unpaired) electrons. The molecule has 0 spiro atoms. The lowest BCUT2D eigenvalue weighted by Gasteiger charge is -2.25. The summed E-state index contributed by atoms with van der Waals surface area (Å²) < 4.78 is 25.7. The number of thioether (sulfide) groups is 1. The maximum absolute atomic E-state index is 12.4. The summed E-state index contributed by atoms with van der Waals surface area (Å²) >= 11 is 7.93. The predicted octanol–water partition coefficient (Wildman–Crippen LogP) is 2.36. The minimum absolute atomic E-state index is 0.0171. The molecule has 1 saturated heterocycles. The Bertz CT molecular complexity index is 725. The van der Waals surface area contributed by atoms with Gasteiger partial charge in [-0.1, -0.05) is 11.6 Å². The quantitative estimate of drug-likeness (QED) is 0.814. The van der Waals surface area contributed by atoms with Crippen molar-refractivity contribution in [2.24, 2.45) is 0 Å². The number of nitrogens with one attached hydrogen (secondary N) is 1. The lowest BCUT2D eigenvalue weighted by molar-refractivity contribution is -0.117. The second kappa shape index (κ2) is 8.73. The molecule has 6 nitrogen and oxygen atoms in total. The van der Waals surface area contributed by atoms with E-state index < -0.39 is 10.0 Å². The fourth-order valence-corrected chi connectivity index (χ4v) is 5.01. The van der Waals surface area contributed by atoms with Gasteiger partial charge in [-0.25, -0.2) is 12.7 Å². The maximum Gasteiger partial charge on any atom is 0.244 e. The third-order valence-electron chi connectivity index (χ3n) is 4.15. The Hall–Kier alpha value is -0.800. The predicted molar refractivity (Wildman–Crippen MR) is 104 cm³/mol. The van der Waals surface area contributed by atoms with Crippen molar-refractivity contribution in [1.29, 1.82) is 0 Å². The summed E-state index contributed by atoms with van der Waals surface area (Å²) in [5.74, 6) is 1.97. The normalized spacial score (nSPS) is 19.6. The van der Waals surface area contributed by atoms with Gasteiger partial charge in [0.05, 0.1) is 11.6 Å². The van der Waals surface area contributed by atoms with Crippen LogP contribution in [0, 0.1) is 0 Å². The molecule has 2 rings (SSSR count). The average Bonchev–Trinajstić information content (AvgIpc) is 2.74. The molecule has 1 heterocycles. The highest BCUT2D eigenvalue weighted by atomic mass is 35.5. The van der Waals surface area contributed by atoms with Gasteiger partial charge in [0.15, 0.2) is 0 Å². The summed E-state index contributed by atoms with van der Waals surface area (Å²) in [7, 11) is -0.789. The number of halogens is 1. The summed E-state index contributed by atoms with van der Waals surface area (Å²) in [6.45, 7) is 3.30. The number of nitrogens with zero attached hydrogens (tertiary/aromatic N) is 2. The molecule has 1 aromatic rings.